The predicted octanol–water partition coefficient (Wildman–Crippen LogP) is -0.0540. The van der Waals surface area contributed by atoms with Crippen molar-refractivity contribution < 1.29 is 8.42 Å². The molecule has 0 spiro atoms. The van der Waals surface area contributed by atoms with Gasteiger partial charge in [-0.1, -0.05) is 6.08 Å². The van der Waals surface area contributed by atoms with Crippen LogP contribution in [0.15, 0.2) is 18.6 Å². The Balaban J connectivity index is 0.00000144. The molecule has 2 rings (SSSR count). The standard InChI is InChI=1S/C9H14N4O2S.ClH/c1-12(2)16(14,15)13-6-9(11-7-13)8-3-4-10-5-8;/h3,6-7,10H,4-5H2,1-2H3;1H. The first-order valence-electron chi connectivity index (χ1n) is 4.89. The van der Waals surface area contributed by atoms with E-state index in [-0.39, 0.29) is 12.4 Å². The summed E-state index contributed by atoms with van der Waals surface area (Å²) in [6, 6.07) is 0. The highest BCUT2D eigenvalue weighted by molar-refractivity contribution is 7.87. The van der Waals surface area contributed by atoms with Gasteiger partial charge in [-0.05, 0) is 5.57 Å². The Kier molecular flexibility index (Phi) is 4.31. The largest absolute Gasteiger partial charge is 0.309 e. The van der Waals surface area contributed by atoms with Crippen molar-refractivity contribution in [2.24, 2.45) is 0 Å². The van der Waals surface area contributed by atoms with E-state index in [1.165, 1.54) is 26.6 Å². The van der Waals surface area contributed by atoms with E-state index in [9.17, 15) is 8.42 Å². The summed E-state index contributed by atoms with van der Waals surface area (Å²) in [6.45, 7) is 1.54. The minimum Gasteiger partial charge on any atom is -0.309 e. The summed E-state index contributed by atoms with van der Waals surface area (Å²) >= 11 is 0. The lowest BCUT2D eigenvalue weighted by molar-refractivity contribution is 0.510. The van der Waals surface area contributed by atoms with Crippen molar-refractivity contribution in [2.45, 2.75) is 0 Å². The highest BCUT2D eigenvalue weighted by atomic mass is 35.5. The molecule has 1 aliphatic heterocycles. The van der Waals surface area contributed by atoms with Gasteiger partial charge in [0, 0.05) is 33.4 Å². The average molecular weight is 279 g/mol. The van der Waals surface area contributed by atoms with Gasteiger partial charge in [0.1, 0.15) is 6.33 Å². The SMILES string of the molecule is CN(C)S(=O)(=O)n1cnc(C2=CCNC2)c1.Cl. The summed E-state index contributed by atoms with van der Waals surface area (Å²) in [5.74, 6) is 0. The van der Waals surface area contributed by atoms with Crippen molar-refractivity contribution in [3.63, 3.8) is 0 Å². The lowest BCUT2D eigenvalue weighted by Gasteiger charge is -2.10. The molecule has 0 aromatic carbocycles. The van der Waals surface area contributed by atoms with Gasteiger partial charge in [0.15, 0.2) is 0 Å². The van der Waals surface area contributed by atoms with Gasteiger partial charge in [-0.15, -0.1) is 12.4 Å². The van der Waals surface area contributed by atoms with Gasteiger partial charge in [-0.3, -0.25) is 0 Å². The van der Waals surface area contributed by atoms with Crippen LogP contribution in [0.1, 0.15) is 5.69 Å². The van der Waals surface area contributed by atoms with E-state index >= 15 is 0 Å². The van der Waals surface area contributed by atoms with E-state index in [1.807, 2.05) is 6.08 Å². The smallest absolute Gasteiger partial charge is 0.308 e. The third-order valence-electron chi connectivity index (χ3n) is 2.43. The van der Waals surface area contributed by atoms with Crippen LogP contribution in [0, 0.1) is 0 Å². The van der Waals surface area contributed by atoms with Crippen molar-refractivity contribution in [3.8, 4) is 0 Å². The van der Waals surface area contributed by atoms with Gasteiger partial charge >= 0.3 is 10.2 Å². The van der Waals surface area contributed by atoms with Gasteiger partial charge in [0.05, 0.1) is 5.69 Å². The second kappa shape index (κ2) is 5.18. The van der Waals surface area contributed by atoms with Crippen LogP contribution in [0.2, 0.25) is 0 Å². The first kappa shape index (κ1) is 14.2. The molecule has 96 valence electrons. The summed E-state index contributed by atoms with van der Waals surface area (Å²) < 4.78 is 25.8. The van der Waals surface area contributed by atoms with E-state index in [0.29, 0.717) is 5.69 Å². The maximum atomic E-state index is 11.8. The summed E-state index contributed by atoms with van der Waals surface area (Å²) in [6.07, 6.45) is 4.87. The van der Waals surface area contributed by atoms with Gasteiger partial charge < -0.3 is 5.32 Å². The van der Waals surface area contributed by atoms with Crippen LogP contribution >= 0.6 is 12.4 Å². The van der Waals surface area contributed by atoms with E-state index in [4.69, 9.17) is 0 Å². The van der Waals surface area contributed by atoms with Crippen molar-refractivity contribution in [1.29, 1.82) is 0 Å². The first-order valence-corrected chi connectivity index (χ1v) is 6.28. The molecule has 0 amide bonds. The molecule has 0 atom stereocenters. The zero-order valence-corrected chi connectivity index (χ0v) is 11.3. The molecule has 0 bridgehead atoms. The molecule has 0 aliphatic carbocycles. The van der Waals surface area contributed by atoms with Crippen LogP contribution in [0.25, 0.3) is 5.57 Å². The number of nitrogens with one attached hydrogen (secondary N) is 1. The highest BCUT2D eigenvalue weighted by Crippen LogP contribution is 2.15. The summed E-state index contributed by atoms with van der Waals surface area (Å²) in [5.41, 5.74) is 1.74. The maximum absolute atomic E-state index is 11.8. The molecule has 0 saturated carbocycles. The number of aromatic nitrogens is 2. The molecule has 1 aliphatic rings. The molecular formula is C9H15ClN4O2S. The van der Waals surface area contributed by atoms with Crippen LogP contribution in [-0.4, -0.2) is 48.9 Å². The zero-order chi connectivity index (χ0) is 11.8. The molecule has 2 heterocycles. The topological polar surface area (TPSA) is 67.2 Å². The Hall–Kier alpha value is -0.890. The molecule has 1 N–H and O–H groups in total. The summed E-state index contributed by atoms with van der Waals surface area (Å²) in [4.78, 5) is 4.10. The molecule has 0 fully saturated rings. The highest BCUT2D eigenvalue weighted by Gasteiger charge is 2.18. The molecule has 0 radical (unpaired) electrons. The van der Waals surface area contributed by atoms with Crippen LogP contribution in [0.5, 0.6) is 0 Å². The third-order valence-corrected chi connectivity index (χ3v) is 4.08. The van der Waals surface area contributed by atoms with Crippen LogP contribution in [-0.2, 0) is 10.2 Å². The fraction of sp³-hybridized carbons (Fsp3) is 0.444. The Morgan fingerprint density at radius 3 is 2.71 bits per heavy atom. The van der Waals surface area contributed by atoms with Gasteiger partial charge in [0.2, 0.25) is 0 Å². The van der Waals surface area contributed by atoms with Gasteiger partial charge in [0.25, 0.3) is 0 Å². The fourth-order valence-corrected chi connectivity index (χ4v) is 2.23. The Morgan fingerprint density at radius 2 is 2.18 bits per heavy atom. The molecule has 1 aromatic heterocycles. The van der Waals surface area contributed by atoms with Crippen molar-refractivity contribution in [3.05, 3.63) is 24.3 Å². The lowest BCUT2D eigenvalue weighted by atomic mass is 10.2. The maximum Gasteiger partial charge on any atom is 0.308 e. The van der Waals surface area contributed by atoms with Gasteiger partial charge in [-0.2, -0.15) is 12.7 Å². The molecule has 1 aromatic rings. The Labute approximate surface area is 107 Å². The van der Waals surface area contributed by atoms with E-state index in [0.717, 1.165) is 26.9 Å². The number of rotatable bonds is 3. The minimum absolute atomic E-state index is 0. The van der Waals surface area contributed by atoms with Crippen LogP contribution < -0.4 is 5.32 Å². The van der Waals surface area contributed by atoms with Crippen LogP contribution in [0.3, 0.4) is 0 Å². The summed E-state index contributed by atoms with van der Waals surface area (Å²) in [7, 11) is -0.463. The zero-order valence-electron chi connectivity index (χ0n) is 9.62. The molecule has 0 saturated heterocycles. The van der Waals surface area contributed by atoms with Crippen molar-refractivity contribution >= 4 is 28.2 Å². The molecular weight excluding hydrogens is 264 g/mol. The first-order chi connectivity index (χ1) is 7.51. The van der Waals surface area contributed by atoms with Crippen molar-refractivity contribution in [1.82, 2.24) is 18.6 Å². The third kappa shape index (κ3) is 2.68. The van der Waals surface area contributed by atoms with E-state index < -0.39 is 10.2 Å². The Morgan fingerprint density at radius 1 is 1.47 bits per heavy atom. The number of hydrogen-bond acceptors (Lipinski definition) is 4. The number of halogens is 1. The van der Waals surface area contributed by atoms with E-state index in [2.05, 4.69) is 10.3 Å². The quantitative estimate of drug-likeness (QED) is 0.842. The summed E-state index contributed by atoms with van der Waals surface area (Å²) in [5, 5.41) is 3.14. The number of imidazole rings is 1. The second-order valence-electron chi connectivity index (χ2n) is 3.74. The van der Waals surface area contributed by atoms with Gasteiger partial charge in [-0.25, -0.2) is 8.96 Å². The number of hydrogen-bond donors (Lipinski definition) is 1. The molecule has 17 heavy (non-hydrogen) atoms. The molecule has 6 nitrogen and oxygen atoms in total. The molecule has 8 heteroatoms. The van der Waals surface area contributed by atoms with E-state index in [1.54, 1.807) is 0 Å². The number of nitrogens with zero attached hydrogens (tertiary/aromatic N) is 3. The Bertz CT molecular complexity index is 521. The monoisotopic (exact) mass is 278 g/mol. The van der Waals surface area contributed by atoms with Crippen LogP contribution in [0.4, 0.5) is 0 Å². The normalized spacial score (nSPS) is 15.8. The predicted molar refractivity (Wildman–Crippen MR) is 68.3 cm³/mol. The second-order valence-corrected chi connectivity index (χ2v) is 5.79. The average Bonchev–Trinajstić information content (AvgIpc) is 2.88. The molecule has 0 unspecified atom stereocenters. The fourth-order valence-electron chi connectivity index (χ4n) is 1.46. The van der Waals surface area contributed by atoms with Crippen molar-refractivity contribution in [2.75, 3.05) is 27.2 Å². The minimum atomic E-state index is -3.45. The lowest BCUT2D eigenvalue weighted by Crippen LogP contribution is -2.27.